The van der Waals surface area contributed by atoms with Gasteiger partial charge in [-0.3, -0.25) is 10.1 Å². The molecule has 2 aromatic carbocycles. The summed E-state index contributed by atoms with van der Waals surface area (Å²) in [4.78, 5) is 51.1. The van der Waals surface area contributed by atoms with Crippen LogP contribution in [0.15, 0.2) is 61.1 Å². The minimum absolute atomic E-state index is 0.204. The Bertz CT molecular complexity index is 1840. The molecule has 2 bridgehead atoms. The van der Waals surface area contributed by atoms with Crippen molar-refractivity contribution in [3.05, 3.63) is 82.3 Å². The lowest BCUT2D eigenvalue weighted by molar-refractivity contribution is -0.565. The van der Waals surface area contributed by atoms with E-state index in [1.165, 1.54) is 30.4 Å². The van der Waals surface area contributed by atoms with Gasteiger partial charge in [0.2, 0.25) is 5.91 Å². The molecule has 47 heavy (non-hydrogen) atoms. The number of tetrazole rings is 1. The van der Waals surface area contributed by atoms with Gasteiger partial charge in [-0.15, -0.1) is 10.2 Å². The molecule has 2 aromatic heterocycles. The normalized spacial score (nSPS) is 16.1. The van der Waals surface area contributed by atoms with Crippen molar-refractivity contribution >= 4 is 47.0 Å². The molecule has 2 atom stereocenters. The number of anilines is 2. The number of halogens is 1. The van der Waals surface area contributed by atoms with Gasteiger partial charge in [0.05, 0.1) is 35.9 Å². The second-order valence-electron chi connectivity index (χ2n) is 10.6. The molecule has 0 saturated carbocycles. The fourth-order valence-corrected chi connectivity index (χ4v) is 5.40. The molecule has 0 unspecified atom stereocenters. The number of aromatic nitrogens is 6. The molecule has 16 heteroatoms. The van der Waals surface area contributed by atoms with Crippen LogP contribution in [0.4, 0.5) is 16.2 Å². The Labute approximate surface area is 273 Å². The summed E-state index contributed by atoms with van der Waals surface area (Å²) in [6, 6.07) is 10.6. The molecule has 0 saturated heterocycles. The van der Waals surface area contributed by atoms with E-state index in [2.05, 4.69) is 36.6 Å². The number of fused-ring (bicyclic) bond motifs is 4. The Morgan fingerprint density at radius 1 is 1.15 bits per heavy atom. The number of methoxy groups -OCH3 is 1. The number of carbonyl (C=O) groups excluding carboxylic acids is 3. The lowest BCUT2D eigenvalue weighted by Crippen LogP contribution is -2.33. The first-order valence-corrected chi connectivity index (χ1v) is 15.2. The van der Waals surface area contributed by atoms with Crippen LogP contribution in [0.3, 0.4) is 0 Å². The molecule has 244 valence electrons. The van der Waals surface area contributed by atoms with Gasteiger partial charge in [0.25, 0.3) is 6.20 Å². The molecule has 5 rings (SSSR count). The highest BCUT2D eigenvalue weighted by Crippen LogP contribution is 2.33. The van der Waals surface area contributed by atoms with E-state index in [-0.39, 0.29) is 6.61 Å². The van der Waals surface area contributed by atoms with Gasteiger partial charge in [-0.05, 0) is 78.7 Å². The van der Waals surface area contributed by atoms with Crippen molar-refractivity contribution in [3.8, 4) is 16.8 Å². The fraction of sp³-hybridized carbons (Fsp3) is 0.290. The minimum atomic E-state index is -0.710. The van der Waals surface area contributed by atoms with Crippen molar-refractivity contribution in [2.45, 2.75) is 44.7 Å². The Kier molecular flexibility index (Phi) is 10.6. The van der Waals surface area contributed by atoms with E-state index in [9.17, 15) is 19.3 Å². The van der Waals surface area contributed by atoms with Crippen molar-refractivity contribution < 1.29 is 28.4 Å². The zero-order valence-electron chi connectivity index (χ0n) is 25.6. The monoisotopic (exact) mass is 662 g/mol. The molecule has 0 spiro atoms. The lowest BCUT2D eigenvalue weighted by Gasteiger charge is -2.23. The predicted octanol–water partition coefficient (Wildman–Crippen LogP) is 4.19. The summed E-state index contributed by atoms with van der Waals surface area (Å²) in [6.45, 7) is 1.94. The zero-order valence-corrected chi connectivity index (χ0v) is 26.4. The SMILES string of the molecule is CCOC(=O)[C@H]1CCCC[C@H](NC(=O)/C=C/c2cc(Cl)ccc2-n2cnnn2)c2cc(c[n+](=O)[nH]2)-c2ccc(NC(=O)OC)cc2N1. The Balaban J connectivity index is 1.48. The summed E-state index contributed by atoms with van der Waals surface area (Å²) in [5, 5.41) is 23.4. The van der Waals surface area contributed by atoms with Gasteiger partial charge in [0.15, 0.2) is 4.54 Å². The molecule has 1 aliphatic heterocycles. The largest absolute Gasteiger partial charge is 0.464 e. The minimum Gasteiger partial charge on any atom is -0.464 e. The third kappa shape index (κ3) is 8.38. The van der Waals surface area contributed by atoms with Crippen LogP contribution in [-0.2, 0) is 19.1 Å². The second kappa shape index (κ2) is 15.1. The molecular weight excluding hydrogens is 630 g/mol. The highest BCUT2D eigenvalue weighted by molar-refractivity contribution is 6.30. The first-order valence-electron chi connectivity index (χ1n) is 14.8. The fourth-order valence-electron chi connectivity index (χ4n) is 5.22. The van der Waals surface area contributed by atoms with Crippen LogP contribution in [-0.4, -0.2) is 63.0 Å². The third-order valence-electron chi connectivity index (χ3n) is 7.40. The van der Waals surface area contributed by atoms with Crippen molar-refractivity contribution in [2.75, 3.05) is 24.4 Å². The van der Waals surface area contributed by atoms with Gasteiger partial charge in [0.1, 0.15) is 18.1 Å². The summed E-state index contributed by atoms with van der Waals surface area (Å²) in [6.07, 6.45) is 7.20. The van der Waals surface area contributed by atoms with E-state index in [0.717, 1.165) is 0 Å². The van der Waals surface area contributed by atoms with Gasteiger partial charge in [-0.1, -0.05) is 24.4 Å². The van der Waals surface area contributed by atoms with E-state index < -0.39 is 30.1 Å². The summed E-state index contributed by atoms with van der Waals surface area (Å²) in [7, 11) is 1.25. The van der Waals surface area contributed by atoms with E-state index in [1.807, 2.05) is 0 Å². The maximum Gasteiger partial charge on any atom is 0.411 e. The first kappa shape index (κ1) is 32.8. The van der Waals surface area contributed by atoms with Crippen LogP contribution in [0.2, 0.25) is 5.02 Å². The molecule has 1 aliphatic rings. The number of hydrogen-bond acceptors (Lipinski definition) is 10. The number of amides is 2. The Morgan fingerprint density at radius 2 is 1.98 bits per heavy atom. The maximum atomic E-state index is 13.3. The van der Waals surface area contributed by atoms with Gasteiger partial charge >= 0.3 is 12.1 Å². The van der Waals surface area contributed by atoms with Crippen LogP contribution < -0.4 is 20.5 Å². The second-order valence-corrected chi connectivity index (χ2v) is 11.0. The van der Waals surface area contributed by atoms with E-state index in [0.29, 0.717) is 74.7 Å². The molecule has 4 N–H and O–H groups in total. The van der Waals surface area contributed by atoms with Crippen molar-refractivity contribution in [3.63, 3.8) is 0 Å². The summed E-state index contributed by atoms with van der Waals surface area (Å²) in [5.74, 6) is -0.842. The molecular formula is C31H33ClN9O6+. The van der Waals surface area contributed by atoms with Gasteiger partial charge in [0, 0.05) is 33.6 Å². The van der Waals surface area contributed by atoms with Crippen molar-refractivity contribution in [2.24, 2.45) is 0 Å². The highest BCUT2D eigenvalue weighted by atomic mass is 35.5. The highest BCUT2D eigenvalue weighted by Gasteiger charge is 2.25. The number of nitrogens with zero attached hydrogens (tertiary/aromatic N) is 5. The van der Waals surface area contributed by atoms with Crippen LogP contribution in [0.5, 0.6) is 0 Å². The topological polar surface area (TPSA) is 188 Å². The van der Waals surface area contributed by atoms with Gasteiger partial charge in [-0.25, -0.2) is 9.59 Å². The third-order valence-corrected chi connectivity index (χ3v) is 7.63. The molecule has 0 fully saturated rings. The smallest absolute Gasteiger partial charge is 0.411 e. The molecule has 15 nitrogen and oxygen atoms in total. The molecule has 2 amide bonds. The predicted molar refractivity (Wildman–Crippen MR) is 172 cm³/mol. The van der Waals surface area contributed by atoms with Crippen LogP contribution in [0.1, 0.15) is 49.9 Å². The van der Waals surface area contributed by atoms with Crippen LogP contribution >= 0.6 is 11.6 Å². The quantitative estimate of drug-likeness (QED) is 0.127. The number of ether oxygens (including phenoxy) is 2. The van der Waals surface area contributed by atoms with Crippen LogP contribution in [0, 0.1) is 4.91 Å². The number of benzene rings is 2. The summed E-state index contributed by atoms with van der Waals surface area (Å²) < 4.78 is 12.1. The maximum absolute atomic E-state index is 13.3. The molecule has 4 aromatic rings. The lowest BCUT2D eigenvalue weighted by atomic mass is 9.97. The molecule has 0 aliphatic carbocycles. The van der Waals surface area contributed by atoms with E-state index in [1.54, 1.807) is 55.5 Å². The average Bonchev–Trinajstić information content (AvgIpc) is 3.59. The molecule has 0 radical (unpaired) electrons. The standard InChI is InChI=1S/C31H32ClN9O6/c1-3-47-30(43)25-7-5-4-6-24(36-29(42)13-8-19-14-21(32)9-12-28(19)40-18-33-38-39-40)27-15-20(17-41(45)37-27)23-11-10-22(16-26(23)35-25)34-31(44)46-2/h8-18,24-25H,3-7H2,1-2H3,(H3-,34,35,36,37,42,44,45)/p+1/b13-8+/t24-,25+/m0/s1. The summed E-state index contributed by atoms with van der Waals surface area (Å²) >= 11 is 6.22. The number of esters is 1. The number of rotatable bonds is 7. The van der Waals surface area contributed by atoms with Crippen LogP contribution in [0.25, 0.3) is 22.9 Å². The number of carbonyl (C=O) groups is 3. The van der Waals surface area contributed by atoms with Gasteiger partial charge in [-0.2, -0.15) is 4.68 Å². The number of H-pyrrole nitrogens is 1. The van der Waals surface area contributed by atoms with Crippen molar-refractivity contribution in [1.29, 1.82) is 0 Å². The molecule has 3 heterocycles. The zero-order chi connectivity index (χ0) is 33.3. The number of hydrogen-bond donors (Lipinski definition) is 4. The Hall–Kier alpha value is -5.57. The van der Waals surface area contributed by atoms with Gasteiger partial charge < -0.3 is 20.1 Å². The Morgan fingerprint density at radius 3 is 2.74 bits per heavy atom. The van der Waals surface area contributed by atoms with E-state index in [4.69, 9.17) is 21.1 Å². The number of nitrogens with one attached hydrogen (secondary N) is 4. The summed E-state index contributed by atoms with van der Waals surface area (Å²) in [5.41, 5.74) is 3.69. The van der Waals surface area contributed by atoms with E-state index >= 15 is 0 Å². The average molecular weight is 663 g/mol. The number of aromatic amines is 1. The first-order chi connectivity index (χ1) is 22.7. The van der Waals surface area contributed by atoms with Crippen molar-refractivity contribution in [1.82, 2.24) is 30.6 Å².